The largest absolute Gasteiger partial charge is 0.484 e. The number of carbonyl (C=O) groups excluding carboxylic acids is 1. The van der Waals surface area contributed by atoms with Crippen LogP contribution < -0.4 is 10.2 Å². The summed E-state index contributed by atoms with van der Waals surface area (Å²) in [6, 6.07) is 7.84. The molecule has 22 heavy (non-hydrogen) atoms. The molecule has 4 heteroatoms. The molecule has 1 rings (SSSR count). The van der Waals surface area contributed by atoms with Gasteiger partial charge < -0.3 is 4.74 Å². The van der Waals surface area contributed by atoms with E-state index in [0.717, 1.165) is 25.0 Å². The first-order valence-electron chi connectivity index (χ1n) is 7.88. The molecular weight excluding hydrogens is 276 g/mol. The van der Waals surface area contributed by atoms with Crippen LogP contribution in [0, 0.1) is 0 Å². The third kappa shape index (κ3) is 6.74. The number of nitrogens with one attached hydrogen (secondary N) is 1. The highest BCUT2D eigenvalue weighted by atomic mass is 16.5. The Morgan fingerprint density at radius 3 is 2.41 bits per heavy atom. The van der Waals surface area contributed by atoms with Gasteiger partial charge in [0.2, 0.25) is 0 Å². The van der Waals surface area contributed by atoms with E-state index in [0.29, 0.717) is 5.75 Å². The average molecular weight is 304 g/mol. The SMILES string of the molecule is CCCC/C(C)=N/NC(=O)COc1ccc(C(C)(C)C)cc1. The second kappa shape index (κ2) is 8.57. The molecule has 1 aromatic carbocycles. The highest BCUT2D eigenvalue weighted by Crippen LogP contribution is 2.24. The number of ether oxygens (including phenoxy) is 1. The highest BCUT2D eigenvalue weighted by molar-refractivity contribution is 5.84. The molecule has 0 atom stereocenters. The van der Waals surface area contributed by atoms with Gasteiger partial charge >= 0.3 is 0 Å². The molecule has 0 heterocycles. The van der Waals surface area contributed by atoms with Crippen molar-refractivity contribution in [2.24, 2.45) is 5.10 Å². The molecule has 0 bridgehead atoms. The lowest BCUT2D eigenvalue weighted by Crippen LogP contribution is -2.25. The van der Waals surface area contributed by atoms with Crippen LogP contribution in [0.3, 0.4) is 0 Å². The molecule has 0 radical (unpaired) electrons. The van der Waals surface area contributed by atoms with Crippen LogP contribution in [-0.2, 0) is 10.2 Å². The van der Waals surface area contributed by atoms with Gasteiger partial charge in [0.15, 0.2) is 6.61 Å². The van der Waals surface area contributed by atoms with E-state index in [2.05, 4.69) is 38.2 Å². The van der Waals surface area contributed by atoms with Crippen molar-refractivity contribution < 1.29 is 9.53 Å². The molecule has 0 aliphatic heterocycles. The molecule has 0 aliphatic rings. The first-order valence-corrected chi connectivity index (χ1v) is 7.88. The Morgan fingerprint density at radius 1 is 1.23 bits per heavy atom. The molecule has 0 aliphatic carbocycles. The van der Waals surface area contributed by atoms with E-state index < -0.39 is 0 Å². The minimum absolute atomic E-state index is 0.0284. The standard InChI is InChI=1S/C18H28N2O2/c1-6-7-8-14(2)19-20-17(21)13-22-16-11-9-15(10-12-16)18(3,4)5/h9-12H,6-8,13H2,1-5H3,(H,20,21)/b19-14+. The van der Waals surface area contributed by atoms with Crippen LogP contribution in [0.4, 0.5) is 0 Å². The lowest BCUT2D eigenvalue weighted by Gasteiger charge is -2.19. The number of amides is 1. The molecule has 1 amide bonds. The molecule has 1 N–H and O–H groups in total. The highest BCUT2D eigenvalue weighted by Gasteiger charge is 2.13. The maximum absolute atomic E-state index is 11.7. The lowest BCUT2D eigenvalue weighted by molar-refractivity contribution is -0.123. The Balaban J connectivity index is 2.41. The van der Waals surface area contributed by atoms with Crippen LogP contribution in [0.2, 0.25) is 0 Å². The van der Waals surface area contributed by atoms with Gasteiger partial charge in [0.1, 0.15) is 5.75 Å². The number of carbonyl (C=O) groups is 1. The minimum Gasteiger partial charge on any atom is -0.484 e. The second-order valence-corrected chi connectivity index (χ2v) is 6.55. The predicted octanol–water partition coefficient (Wildman–Crippen LogP) is 4.05. The fourth-order valence-corrected chi connectivity index (χ4v) is 1.88. The van der Waals surface area contributed by atoms with Crippen molar-refractivity contribution in [1.82, 2.24) is 5.43 Å². The van der Waals surface area contributed by atoms with Gasteiger partial charge in [-0.05, 0) is 42.9 Å². The van der Waals surface area contributed by atoms with E-state index >= 15 is 0 Å². The van der Waals surface area contributed by atoms with Crippen LogP contribution in [0.15, 0.2) is 29.4 Å². The Morgan fingerprint density at radius 2 is 1.86 bits per heavy atom. The maximum Gasteiger partial charge on any atom is 0.277 e. The van der Waals surface area contributed by atoms with Crippen molar-refractivity contribution in [1.29, 1.82) is 0 Å². The summed E-state index contributed by atoms with van der Waals surface area (Å²) in [5.74, 6) is 0.450. The molecule has 122 valence electrons. The van der Waals surface area contributed by atoms with Crippen LogP contribution in [-0.4, -0.2) is 18.2 Å². The smallest absolute Gasteiger partial charge is 0.277 e. The first kappa shape index (κ1) is 18.2. The van der Waals surface area contributed by atoms with E-state index in [9.17, 15) is 4.79 Å². The van der Waals surface area contributed by atoms with Gasteiger partial charge in [-0.2, -0.15) is 5.10 Å². The van der Waals surface area contributed by atoms with Crippen LogP contribution in [0.5, 0.6) is 5.75 Å². The Hall–Kier alpha value is -1.84. The zero-order valence-electron chi connectivity index (χ0n) is 14.4. The number of hydrogen-bond acceptors (Lipinski definition) is 3. The molecule has 1 aromatic rings. The normalized spacial score (nSPS) is 12.1. The quantitative estimate of drug-likeness (QED) is 0.610. The molecule has 0 aromatic heterocycles. The van der Waals surface area contributed by atoms with Gasteiger partial charge in [-0.1, -0.05) is 46.2 Å². The van der Waals surface area contributed by atoms with E-state index in [1.165, 1.54) is 5.56 Å². The van der Waals surface area contributed by atoms with E-state index in [1.54, 1.807) is 0 Å². The van der Waals surface area contributed by atoms with Crippen molar-refractivity contribution in [2.45, 2.75) is 59.3 Å². The fourth-order valence-electron chi connectivity index (χ4n) is 1.88. The molecular formula is C18H28N2O2. The summed E-state index contributed by atoms with van der Waals surface area (Å²) in [5, 5.41) is 4.06. The van der Waals surface area contributed by atoms with Gasteiger partial charge in [-0.3, -0.25) is 4.79 Å². The Kier molecular flexibility index (Phi) is 7.09. The van der Waals surface area contributed by atoms with Crippen molar-refractivity contribution >= 4 is 11.6 Å². The number of unbranched alkanes of at least 4 members (excludes halogenated alkanes) is 1. The Bertz CT molecular complexity index is 499. The van der Waals surface area contributed by atoms with Crippen molar-refractivity contribution in [3.05, 3.63) is 29.8 Å². The van der Waals surface area contributed by atoms with Crippen LogP contribution >= 0.6 is 0 Å². The van der Waals surface area contributed by atoms with Gasteiger partial charge in [-0.25, -0.2) is 5.43 Å². The molecule has 0 saturated carbocycles. The second-order valence-electron chi connectivity index (χ2n) is 6.55. The van der Waals surface area contributed by atoms with Crippen LogP contribution in [0.1, 0.15) is 59.4 Å². The zero-order chi connectivity index (χ0) is 16.6. The van der Waals surface area contributed by atoms with Crippen LogP contribution in [0.25, 0.3) is 0 Å². The summed E-state index contributed by atoms with van der Waals surface area (Å²) in [5.41, 5.74) is 4.80. The third-order valence-corrected chi connectivity index (χ3v) is 3.35. The maximum atomic E-state index is 11.7. The summed E-state index contributed by atoms with van der Waals surface area (Å²) in [6.45, 7) is 10.5. The van der Waals surface area contributed by atoms with Gasteiger partial charge in [0.05, 0.1) is 0 Å². The summed E-state index contributed by atoms with van der Waals surface area (Å²) >= 11 is 0. The molecule has 0 fully saturated rings. The number of hydrazone groups is 1. The van der Waals surface area contributed by atoms with E-state index in [1.807, 2.05) is 31.2 Å². The van der Waals surface area contributed by atoms with E-state index in [4.69, 9.17) is 4.74 Å². The summed E-state index contributed by atoms with van der Waals surface area (Å²) in [7, 11) is 0. The van der Waals surface area contributed by atoms with Gasteiger partial charge in [0, 0.05) is 5.71 Å². The summed E-state index contributed by atoms with van der Waals surface area (Å²) in [4.78, 5) is 11.7. The topological polar surface area (TPSA) is 50.7 Å². The number of benzene rings is 1. The summed E-state index contributed by atoms with van der Waals surface area (Å²) in [6.07, 6.45) is 3.11. The lowest BCUT2D eigenvalue weighted by atomic mass is 9.87. The van der Waals surface area contributed by atoms with Crippen molar-refractivity contribution in [2.75, 3.05) is 6.61 Å². The monoisotopic (exact) mass is 304 g/mol. The zero-order valence-corrected chi connectivity index (χ0v) is 14.4. The van der Waals surface area contributed by atoms with Gasteiger partial charge in [-0.15, -0.1) is 0 Å². The third-order valence-electron chi connectivity index (χ3n) is 3.35. The summed E-state index contributed by atoms with van der Waals surface area (Å²) < 4.78 is 5.47. The van der Waals surface area contributed by atoms with Crippen molar-refractivity contribution in [3.8, 4) is 5.75 Å². The van der Waals surface area contributed by atoms with E-state index in [-0.39, 0.29) is 17.9 Å². The minimum atomic E-state index is -0.240. The number of nitrogens with zero attached hydrogens (tertiary/aromatic N) is 1. The molecule has 0 saturated heterocycles. The van der Waals surface area contributed by atoms with Crippen molar-refractivity contribution in [3.63, 3.8) is 0 Å². The molecule has 0 spiro atoms. The Labute approximate surface area is 134 Å². The number of hydrogen-bond donors (Lipinski definition) is 1. The molecule has 0 unspecified atom stereocenters. The number of rotatable bonds is 7. The fraction of sp³-hybridized carbons (Fsp3) is 0.556. The first-order chi connectivity index (χ1) is 10.3. The van der Waals surface area contributed by atoms with Gasteiger partial charge in [0.25, 0.3) is 5.91 Å². The molecule has 4 nitrogen and oxygen atoms in total. The average Bonchev–Trinajstić information content (AvgIpc) is 2.48. The predicted molar refractivity (Wildman–Crippen MR) is 91.4 cm³/mol.